The smallest absolute Gasteiger partial charge is 0.872 e. The van der Waals surface area contributed by atoms with Gasteiger partial charge in [-0.15, -0.1) is 0 Å². The number of fused-ring (bicyclic) bond motifs is 3. The molecule has 0 amide bonds. The van der Waals surface area contributed by atoms with Gasteiger partial charge < -0.3 is 14.9 Å². The molecule has 6 aromatic rings. The van der Waals surface area contributed by atoms with Crippen LogP contribution in [0.15, 0.2) is 121 Å². The molecule has 0 atom stereocenters. The van der Waals surface area contributed by atoms with Gasteiger partial charge in [0.1, 0.15) is 5.69 Å². The zero-order valence-electron chi connectivity index (χ0n) is 21.3. The van der Waals surface area contributed by atoms with Gasteiger partial charge in [-0.2, -0.15) is 4.57 Å². The summed E-state index contributed by atoms with van der Waals surface area (Å²) in [5.41, 5.74) is 8.73. The van der Waals surface area contributed by atoms with Crippen LogP contribution in [-0.2, 0) is 0 Å². The minimum absolute atomic E-state index is 0. The maximum Gasteiger partial charge on any atom is 1.00 e. The van der Waals surface area contributed by atoms with E-state index in [1.54, 1.807) is 6.07 Å². The Morgan fingerprint density at radius 3 is 1.84 bits per heavy atom. The van der Waals surface area contributed by atoms with E-state index in [2.05, 4.69) is 68.9 Å². The summed E-state index contributed by atoms with van der Waals surface area (Å²) in [5.74, 6) is 0.728. The van der Waals surface area contributed by atoms with Crippen molar-refractivity contribution in [1.29, 1.82) is 0 Å². The summed E-state index contributed by atoms with van der Waals surface area (Å²) >= 11 is 0. The van der Waals surface area contributed by atoms with Crippen LogP contribution in [0.5, 0.6) is 5.75 Å². The van der Waals surface area contributed by atoms with Gasteiger partial charge in [0.05, 0.1) is 28.3 Å². The minimum Gasteiger partial charge on any atom is -0.872 e. The van der Waals surface area contributed by atoms with Crippen molar-refractivity contribution in [3.63, 3.8) is 0 Å². The first-order valence-electron chi connectivity index (χ1n) is 12.3. The van der Waals surface area contributed by atoms with E-state index >= 15 is 0 Å². The summed E-state index contributed by atoms with van der Waals surface area (Å²) < 4.78 is 2.12. The van der Waals surface area contributed by atoms with Crippen molar-refractivity contribution >= 4 is 39.5 Å². The van der Waals surface area contributed by atoms with Crippen LogP contribution < -0.4 is 38.8 Å². The molecule has 178 valence electrons. The summed E-state index contributed by atoms with van der Waals surface area (Å²) in [4.78, 5) is 7.87. The average molecular weight is 488 g/mol. The molecule has 1 aromatic heterocycles. The Labute approximate surface area is 233 Å². The quantitative estimate of drug-likeness (QED) is 0.358. The van der Waals surface area contributed by atoms with E-state index in [4.69, 9.17) is 0 Å². The number of hydrogen-bond acceptors (Lipinski definition) is 3. The fourth-order valence-electron chi connectivity index (χ4n) is 5.37. The van der Waals surface area contributed by atoms with Crippen LogP contribution in [0.4, 0.5) is 28.4 Å². The summed E-state index contributed by atoms with van der Waals surface area (Å²) in [7, 11) is 2.08. The molecular weight excluding hydrogens is 463 g/mol. The molecule has 1 aliphatic rings. The van der Waals surface area contributed by atoms with E-state index in [-0.39, 0.29) is 24.6 Å². The Morgan fingerprint density at radius 2 is 1.18 bits per heavy atom. The molecular formula is C32H24LiN4O+. The number of aromatic amines is 1. The Kier molecular flexibility index (Phi) is 5.96. The van der Waals surface area contributed by atoms with Gasteiger partial charge in [0, 0.05) is 12.7 Å². The molecule has 5 nitrogen and oxygen atoms in total. The molecule has 0 saturated carbocycles. The fraction of sp³-hybridized carbons (Fsp3) is 0.0312. The molecule has 2 heterocycles. The molecule has 0 unspecified atom stereocenters. The molecule has 1 N–H and O–H groups in total. The van der Waals surface area contributed by atoms with Gasteiger partial charge in [-0.1, -0.05) is 60.3 Å². The van der Waals surface area contributed by atoms with Crippen molar-refractivity contribution in [2.75, 3.05) is 16.8 Å². The van der Waals surface area contributed by atoms with E-state index in [1.807, 2.05) is 72.8 Å². The number of anilines is 5. The largest absolute Gasteiger partial charge is 1.00 e. The van der Waals surface area contributed by atoms with Crippen molar-refractivity contribution in [3.8, 4) is 22.8 Å². The van der Waals surface area contributed by atoms with E-state index in [1.165, 1.54) is 0 Å². The second-order valence-corrected chi connectivity index (χ2v) is 9.21. The van der Waals surface area contributed by atoms with Gasteiger partial charge in [0.2, 0.25) is 0 Å². The number of rotatable bonds is 3. The zero-order chi connectivity index (χ0) is 24.9. The van der Waals surface area contributed by atoms with Gasteiger partial charge in [0.25, 0.3) is 5.82 Å². The van der Waals surface area contributed by atoms with Gasteiger partial charge in [-0.25, -0.2) is 4.98 Å². The molecule has 0 spiro atoms. The van der Waals surface area contributed by atoms with Gasteiger partial charge in [-0.05, 0) is 66.7 Å². The van der Waals surface area contributed by atoms with E-state index < -0.39 is 0 Å². The van der Waals surface area contributed by atoms with E-state index in [9.17, 15) is 5.11 Å². The molecule has 0 fully saturated rings. The predicted octanol–water partition coefficient (Wildman–Crippen LogP) is 3.74. The standard InChI is InChI=1S/C32H24N4O.Li/c1-34-27-15-7-9-17-29(27)35(30-18-10-8-16-28(30)34)23-19-20-24(31(37)21-23)32-33-25-13-5-6-14-26(25)36(32)22-11-3-2-4-12-22;/h2-21,37H,1H3;/q;+1. The van der Waals surface area contributed by atoms with Gasteiger partial charge >= 0.3 is 18.9 Å². The third-order valence-corrected chi connectivity index (χ3v) is 7.08. The third-order valence-electron chi connectivity index (χ3n) is 7.08. The monoisotopic (exact) mass is 487 g/mol. The Balaban J connectivity index is 0.00000264. The molecule has 1 aliphatic heterocycles. The van der Waals surface area contributed by atoms with Crippen LogP contribution in [0.25, 0.3) is 28.1 Å². The first-order chi connectivity index (χ1) is 18.2. The molecule has 6 heteroatoms. The Morgan fingerprint density at radius 1 is 0.605 bits per heavy atom. The summed E-state index contributed by atoms with van der Waals surface area (Å²) in [6, 6.07) is 40.5. The topological polar surface area (TPSA) is 48.6 Å². The molecule has 5 aromatic carbocycles. The zero-order valence-corrected chi connectivity index (χ0v) is 21.3. The number of hydrogen-bond donors (Lipinski definition) is 0. The molecule has 0 bridgehead atoms. The second kappa shape index (κ2) is 9.46. The van der Waals surface area contributed by atoms with Crippen LogP contribution in [0, 0.1) is 0 Å². The SMILES string of the molecule is CN1c2ccccc2N(c2ccc(-c3[nH+]c4ccccc4n3-c3ccccc3)c([O-])c2)c2ccccc21.[Li+]. The summed E-state index contributed by atoms with van der Waals surface area (Å²) in [5, 5.41) is 13.8. The number of imidazole rings is 1. The van der Waals surface area contributed by atoms with Crippen molar-refractivity contribution < 1.29 is 29.0 Å². The normalized spacial score (nSPS) is 12.1. The third kappa shape index (κ3) is 3.68. The maximum atomic E-state index is 13.8. The first-order valence-corrected chi connectivity index (χ1v) is 12.3. The molecule has 38 heavy (non-hydrogen) atoms. The number of benzene rings is 5. The number of nitrogens with zero attached hydrogens (tertiary/aromatic N) is 3. The number of nitrogens with one attached hydrogen (secondary N) is 1. The molecule has 0 aliphatic carbocycles. The van der Waals surface area contributed by atoms with Crippen LogP contribution in [0.2, 0.25) is 0 Å². The number of para-hydroxylation sites is 7. The number of aromatic nitrogens is 2. The Bertz CT molecular complexity index is 1730. The van der Waals surface area contributed by atoms with Crippen LogP contribution in [0.3, 0.4) is 0 Å². The van der Waals surface area contributed by atoms with E-state index in [0.29, 0.717) is 5.56 Å². The first kappa shape index (κ1) is 23.9. The average Bonchev–Trinajstić information content (AvgIpc) is 3.33. The van der Waals surface area contributed by atoms with Crippen LogP contribution in [-0.4, -0.2) is 11.6 Å². The second-order valence-electron chi connectivity index (χ2n) is 9.21. The van der Waals surface area contributed by atoms with E-state index in [0.717, 1.165) is 51.0 Å². The molecule has 0 saturated heterocycles. The fourth-order valence-corrected chi connectivity index (χ4v) is 5.37. The Hall–Kier alpha value is -4.43. The molecule has 0 radical (unpaired) electrons. The predicted molar refractivity (Wildman–Crippen MR) is 147 cm³/mol. The van der Waals surface area contributed by atoms with Crippen molar-refractivity contribution in [3.05, 3.63) is 121 Å². The minimum atomic E-state index is -0.0392. The van der Waals surface area contributed by atoms with Crippen molar-refractivity contribution in [2.45, 2.75) is 0 Å². The molecule has 7 rings (SSSR count). The van der Waals surface area contributed by atoms with Crippen molar-refractivity contribution in [1.82, 2.24) is 4.57 Å². The van der Waals surface area contributed by atoms with Crippen LogP contribution >= 0.6 is 0 Å². The van der Waals surface area contributed by atoms with Crippen molar-refractivity contribution in [2.24, 2.45) is 0 Å². The van der Waals surface area contributed by atoms with Gasteiger partial charge in [0.15, 0.2) is 11.0 Å². The number of H-pyrrole nitrogens is 1. The maximum absolute atomic E-state index is 13.8. The summed E-state index contributed by atoms with van der Waals surface area (Å²) in [6.07, 6.45) is 0. The van der Waals surface area contributed by atoms with Crippen LogP contribution in [0.1, 0.15) is 0 Å². The summed E-state index contributed by atoms with van der Waals surface area (Å²) in [6.45, 7) is 0. The van der Waals surface area contributed by atoms with Gasteiger partial charge in [-0.3, -0.25) is 0 Å².